The minimum Gasteiger partial charge on any atom is -0.491 e. The summed E-state index contributed by atoms with van der Waals surface area (Å²) < 4.78 is 8.46. The predicted octanol–water partition coefficient (Wildman–Crippen LogP) is 3.57. The van der Waals surface area contributed by atoms with E-state index in [2.05, 4.69) is 49.1 Å². The smallest absolute Gasteiger partial charge is 0.163 e. The number of hydrogen-bond donors (Lipinski definition) is 2. The molecule has 0 amide bonds. The van der Waals surface area contributed by atoms with Crippen molar-refractivity contribution in [2.75, 3.05) is 57.8 Å². The third-order valence-corrected chi connectivity index (χ3v) is 8.72. The van der Waals surface area contributed by atoms with Crippen molar-refractivity contribution in [3.8, 4) is 34.6 Å². The average molecular weight is 630 g/mol. The van der Waals surface area contributed by atoms with Crippen molar-refractivity contribution in [1.82, 2.24) is 30.0 Å². The van der Waals surface area contributed by atoms with Crippen LogP contribution in [-0.4, -0.2) is 88.8 Å². The van der Waals surface area contributed by atoms with Crippen LogP contribution in [0.1, 0.15) is 17.5 Å². The average Bonchev–Trinajstić information content (AvgIpc) is 3.13. The lowest BCUT2D eigenvalue weighted by Gasteiger charge is -2.61. The van der Waals surface area contributed by atoms with Crippen LogP contribution >= 0.6 is 27.5 Å². The maximum absolute atomic E-state index is 10.1. The molecule has 212 valence electrons. The van der Waals surface area contributed by atoms with Crippen molar-refractivity contribution in [2.45, 2.75) is 26.4 Å². The molecule has 2 aliphatic heterocycles. The Morgan fingerprint density at radius 1 is 1.23 bits per heavy atom. The number of aliphatic hydroxyl groups is 1. The van der Waals surface area contributed by atoms with E-state index < -0.39 is 6.10 Å². The summed E-state index contributed by atoms with van der Waals surface area (Å²) in [7, 11) is 3.69. The third-order valence-electron chi connectivity index (χ3n) is 7.64. The van der Waals surface area contributed by atoms with Crippen LogP contribution in [0.4, 0.5) is 5.82 Å². The van der Waals surface area contributed by atoms with Crippen molar-refractivity contribution in [3.05, 3.63) is 39.0 Å². The number of anilines is 1. The van der Waals surface area contributed by atoms with Crippen LogP contribution in [0.5, 0.6) is 5.75 Å². The Bertz CT molecular complexity index is 1440. The van der Waals surface area contributed by atoms with Gasteiger partial charge in [-0.3, -0.25) is 4.68 Å². The molecule has 0 aliphatic carbocycles. The quantitative estimate of drug-likeness (QED) is 0.347. The van der Waals surface area contributed by atoms with Gasteiger partial charge in [0.2, 0.25) is 0 Å². The van der Waals surface area contributed by atoms with Gasteiger partial charge in [-0.1, -0.05) is 11.6 Å². The first-order chi connectivity index (χ1) is 19.1. The zero-order valence-corrected chi connectivity index (χ0v) is 25.6. The fourth-order valence-electron chi connectivity index (χ4n) is 5.73. The van der Waals surface area contributed by atoms with Crippen LogP contribution in [0, 0.1) is 30.6 Å². The molecule has 2 N–H and O–H groups in total. The fraction of sp³-hybridized carbons (Fsp3) is 0.500. The van der Waals surface area contributed by atoms with Gasteiger partial charge in [0.1, 0.15) is 28.9 Å². The zero-order chi connectivity index (χ0) is 28.6. The second-order valence-corrected chi connectivity index (χ2v) is 12.0. The molecule has 2 saturated heterocycles. The Balaban J connectivity index is 1.50. The minimum atomic E-state index is -0.634. The second-order valence-electron chi connectivity index (χ2n) is 10.9. The number of rotatable bonds is 10. The van der Waals surface area contributed by atoms with Crippen LogP contribution in [0.25, 0.3) is 22.8 Å². The first-order valence-corrected chi connectivity index (χ1v) is 14.5. The zero-order valence-electron chi connectivity index (χ0n) is 23.2. The first kappa shape index (κ1) is 28.8. The van der Waals surface area contributed by atoms with Gasteiger partial charge in [0.15, 0.2) is 5.82 Å². The Labute approximate surface area is 248 Å². The molecule has 0 unspecified atom stereocenters. The number of ether oxygens (including phenoxy) is 1. The largest absolute Gasteiger partial charge is 0.491 e. The summed E-state index contributed by atoms with van der Waals surface area (Å²) in [4.78, 5) is 14.7. The van der Waals surface area contributed by atoms with E-state index in [1.807, 2.05) is 24.7 Å². The third kappa shape index (κ3) is 5.56. The van der Waals surface area contributed by atoms with Gasteiger partial charge in [0.05, 0.1) is 22.5 Å². The number of nitrogens with zero attached hydrogens (tertiary/aromatic N) is 7. The number of likely N-dealkylation sites (tertiary alicyclic amines) is 1. The lowest BCUT2D eigenvalue weighted by molar-refractivity contribution is -0.0203. The highest BCUT2D eigenvalue weighted by molar-refractivity contribution is 9.10. The Morgan fingerprint density at radius 2 is 1.98 bits per heavy atom. The highest BCUT2D eigenvalue weighted by Gasteiger charge is 2.52. The predicted molar refractivity (Wildman–Crippen MR) is 159 cm³/mol. The molecule has 10 nitrogen and oxygen atoms in total. The van der Waals surface area contributed by atoms with E-state index in [-0.39, 0.29) is 12.0 Å². The molecular formula is C28H34BrClN8O2. The van der Waals surface area contributed by atoms with E-state index in [1.54, 1.807) is 19.2 Å². The van der Waals surface area contributed by atoms with Crippen LogP contribution in [0.15, 0.2) is 22.8 Å². The van der Waals surface area contributed by atoms with Gasteiger partial charge in [0, 0.05) is 74.8 Å². The number of aryl methyl sites for hydroxylation is 1. The van der Waals surface area contributed by atoms with Crippen molar-refractivity contribution in [3.63, 3.8) is 0 Å². The minimum absolute atomic E-state index is 0.149. The van der Waals surface area contributed by atoms with E-state index in [9.17, 15) is 5.11 Å². The second kappa shape index (κ2) is 11.6. The number of hydrogen-bond acceptors (Lipinski definition) is 9. The summed E-state index contributed by atoms with van der Waals surface area (Å²) in [6, 6.07) is 7.62. The summed E-state index contributed by atoms with van der Waals surface area (Å²) >= 11 is 10.3. The summed E-state index contributed by atoms with van der Waals surface area (Å²) in [5, 5.41) is 27.0. The van der Waals surface area contributed by atoms with Gasteiger partial charge in [-0.15, -0.1) is 0 Å². The van der Waals surface area contributed by atoms with Crippen LogP contribution in [-0.2, 0) is 7.05 Å². The molecule has 2 aromatic heterocycles. The van der Waals surface area contributed by atoms with Crippen LogP contribution < -0.4 is 15.0 Å². The molecule has 0 bridgehead atoms. The maximum Gasteiger partial charge on any atom is 0.163 e. The maximum atomic E-state index is 10.1. The summed E-state index contributed by atoms with van der Waals surface area (Å²) in [6.45, 7) is 9.32. The molecule has 0 radical (unpaired) electrons. The lowest BCUT2D eigenvalue weighted by atomic mass is 9.72. The van der Waals surface area contributed by atoms with E-state index in [0.29, 0.717) is 35.1 Å². The lowest BCUT2D eigenvalue weighted by Crippen LogP contribution is -2.72. The van der Waals surface area contributed by atoms with Crippen molar-refractivity contribution in [1.29, 1.82) is 5.26 Å². The van der Waals surface area contributed by atoms with Gasteiger partial charge < -0.3 is 25.0 Å². The number of aliphatic hydroxyl groups excluding tert-OH is 1. The van der Waals surface area contributed by atoms with E-state index >= 15 is 0 Å². The summed E-state index contributed by atoms with van der Waals surface area (Å²) in [6.07, 6.45) is -0.0694. The van der Waals surface area contributed by atoms with E-state index in [4.69, 9.17) is 31.6 Å². The van der Waals surface area contributed by atoms with Crippen LogP contribution in [0.3, 0.4) is 0 Å². The molecule has 1 atom stereocenters. The van der Waals surface area contributed by atoms with E-state index in [1.165, 1.54) is 0 Å². The first-order valence-electron chi connectivity index (χ1n) is 13.3. The molecule has 0 saturated carbocycles. The van der Waals surface area contributed by atoms with Gasteiger partial charge in [0.25, 0.3) is 0 Å². The molecule has 40 heavy (non-hydrogen) atoms. The molecule has 2 aliphatic rings. The number of nitrogens with one attached hydrogen (secondary N) is 1. The standard InChI is InChI=1S/C28H34BrClN8O2/c1-17-23(24-18(2)25(29)35-36(24)4)33-26(21-10-20(6-7-22(21)30)40-12-19(39)11-32-3)34-27(17)38-15-28(16-38)13-37(14-28)9-5-8-31/h6-7,10,19,32,39H,5,9,11-16H2,1-4H3/t19-/m1/s1. The molecule has 12 heteroatoms. The van der Waals surface area contributed by atoms with Crippen molar-refractivity contribution >= 4 is 33.3 Å². The molecule has 4 heterocycles. The van der Waals surface area contributed by atoms with E-state index in [0.717, 1.165) is 65.7 Å². The van der Waals surface area contributed by atoms with Gasteiger partial charge >= 0.3 is 0 Å². The monoisotopic (exact) mass is 628 g/mol. The highest BCUT2D eigenvalue weighted by Crippen LogP contribution is 2.44. The molecular weight excluding hydrogens is 596 g/mol. The van der Waals surface area contributed by atoms with Crippen LogP contribution in [0.2, 0.25) is 5.02 Å². The fourth-order valence-corrected chi connectivity index (χ4v) is 6.35. The number of halogens is 2. The normalized spacial score (nSPS) is 16.9. The highest BCUT2D eigenvalue weighted by atomic mass is 79.9. The molecule has 2 fully saturated rings. The number of benzene rings is 1. The van der Waals surface area contributed by atoms with Crippen molar-refractivity contribution < 1.29 is 9.84 Å². The molecule has 1 aromatic carbocycles. The topological polar surface area (TPSA) is 115 Å². The molecule has 5 rings (SSSR count). The van der Waals surface area contributed by atoms with Crippen molar-refractivity contribution in [2.24, 2.45) is 12.5 Å². The molecule has 1 spiro atoms. The SMILES string of the molecule is CNC[C@@H](O)COc1ccc(Cl)c(-c2nc(-c3c(C)c(Br)nn3C)c(C)c(N3CC4(CN(CCC#N)C4)C3)n2)c1. The number of nitriles is 1. The number of likely N-dealkylation sites (N-methyl/N-ethyl adjacent to an activating group) is 1. The summed E-state index contributed by atoms with van der Waals surface area (Å²) in [5.74, 6) is 1.96. The Kier molecular flexibility index (Phi) is 8.36. The van der Waals surface area contributed by atoms with Gasteiger partial charge in [-0.05, 0) is 55.0 Å². The summed E-state index contributed by atoms with van der Waals surface area (Å²) in [5.41, 5.74) is 4.60. The molecule has 3 aromatic rings. The Hall–Kier alpha value is -2.75. The van der Waals surface area contributed by atoms with Gasteiger partial charge in [-0.25, -0.2) is 9.97 Å². The van der Waals surface area contributed by atoms with Gasteiger partial charge in [-0.2, -0.15) is 10.4 Å². The Morgan fingerprint density at radius 3 is 2.62 bits per heavy atom. The number of aromatic nitrogens is 4.